The van der Waals surface area contributed by atoms with Gasteiger partial charge in [0.15, 0.2) is 0 Å². The minimum absolute atomic E-state index is 1.22. The molecule has 1 aromatic rings. The van der Waals surface area contributed by atoms with Crippen LogP contribution in [0.2, 0.25) is 0 Å². The van der Waals surface area contributed by atoms with Gasteiger partial charge in [0.2, 0.25) is 0 Å². The fourth-order valence-electron chi connectivity index (χ4n) is 4.71. The van der Waals surface area contributed by atoms with E-state index in [1.165, 1.54) is 148 Å². The molecule has 2 heteroatoms. The lowest BCUT2D eigenvalue weighted by Crippen LogP contribution is -2.37. The van der Waals surface area contributed by atoms with Crippen LogP contribution in [0.25, 0.3) is 0 Å². The molecule has 1 aromatic heterocycles. The first kappa shape index (κ1) is 28.2. The number of imidazole rings is 1. The van der Waals surface area contributed by atoms with Crippen LogP contribution < -0.4 is 4.57 Å². The molecule has 2 nitrogen and oxygen atoms in total. The first-order chi connectivity index (χ1) is 15.3. The zero-order valence-corrected chi connectivity index (χ0v) is 21.8. The second kappa shape index (κ2) is 21.1. The summed E-state index contributed by atoms with van der Waals surface area (Å²) in [6, 6.07) is 0. The second-order valence-corrected chi connectivity index (χ2v) is 9.86. The van der Waals surface area contributed by atoms with Gasteiger partial charge in [0.05, 0.1) is 13.1 Å². The first-order valence-electron chi connectivity index (χ1n) is 14.4. The fraction of sp³-hybridized carbons (Fsp3) is 0.897. The van der Waals surface area contributed by atoms with Crippen molar-refractivity contribution < 1.29 is 4.57 Å². The quantitative estimate of drug-likeness (QED) is 0.120. The van der Waals surface area contributed by atoms with Crippen LogP contribution in [0.1, 0.15) is 155 Å². The molecule has 0 aromatic carbocycles. The highest BCUT2D eigenvalue weighted by Crippen LogP contribution is 2.12. The molecule has 182 valence electrons. The van der Waals surface area contributed by atoms with Crippen LogP contribution in [0, 0.1) is 0 Å². The summed E-state index contributed by atoms with van der Waals surface area (Å²) in [5.74, 6) is 1.58. The van der Waals surface area contributed by atoms with Crippen molar-refractivity contribution in [1.82, 2.24) is 4.57 Å². The Morgan fingerprint density at radius 3 is 1.52 bits per heavy atom. The van der Waals surface area contributed by atoms with E-state index in [9.17, 15) is 0 Å². The highest BCUT2D eigenvalue weighted by atomic mass is 15.1. The van der Waals surface area contributed by atoms with E-state index in [4.69, 9.17) is 0 Å². The van der Waals surface area contributed by atoms with E-state index in [-0.39, 0.29) is 0 Å². The lowest BCUT2D eigenvalue weighted by molar-refractivity contribution is -0.704. The lowest BCUT2D eigenvalue weighted by Gasteiger charge is -2.06. The fourth-order valence-corrected chi connectivity index (χ4v) is 4.71. The monoisotopic (exact) mass is 433 g/mol. The third kappa shape index (κ3) is 14.8. The van der Waals surface area contributed by atoms with E-state index in [1.54, 1.807) is 5.82 Å². The van der Waals surface area contributed by atoms with E-state index in [2.05, 4.69) is 42.3 Å². The number of aromatic nitrogens is 2. The third-order valence-electron chi connectivity index (χ3n) is 6.85. The molecule has 1 rings (SSSR count). The summed E-state index contributed by atoms with van der Waals surface area (Å²) in [7, 11) is 0. The highest BCUT2D eigenvalue weighted by Gasteiger charge is 2.16. The predicted molar refractivity (Wildman–Crippen MR) is 138 cm³/mol. The van der Waals surface area contributed by atoms with Crippen molar-refractivity contribution in [3.05, 3.63) is 18.2 Å². The molecule has 0 fully saturated rings. The summed E-state index contributed by atoms with van der Waals surface area (Å²) >= 11 is 0. The van der Waals surface area contributed by atoms with Gasteiger partial charge in [-0.25, -0.2) is 9.13 Å². The molecule has 31 heavy (non-hydrogen) atoms. The van der Waals surface area contributed by atoms with Gasteiger partial charge < -0.3 is 0 Å². The summed E-state index contributed by atoms with van der Waals surface area (Å²) in [5, 5.41) is 0. The maximum atomic E-state index is 2.57. The van der Waals surface area contributed by atoms with Gasteiger partial charge in [-0.3, -0.25) is 0 Å². The molecule has 0 saturated carbocycles. The molecule has 0 N–H and O–H groups in total. The molecule has 0 saturated heterocycles. The summed E-state index contributed by atoms with van der Waals surface area (Å²) < 4.78 is 5.15. The van der Waals surface area contributed by atoms with Gasteiger partial charge in [0, 0.05) is 6.42 Å². The molecular weight excluding hydrogens is 376 g/mol. The predicted octanol–water partition coefficient (Wildman–Crippen LogP) is 9.18. The molecule has 0 bridgehead atoms. The second-order valence-electron chi connectivity index (χ2n) is 9.86. The minimum atomic E-state index is 1.22. The summed E-state index contributed by atoms with van der Waals surface area (Å²) in [5.41, 5.74) is 0. The summed E-state index contributed by atoms with van der Waals surface area (Å²) in [4.78, 5) is 0. The minimum Gasteiger partial charge on any atom is -0.234 e. The van der Waals surface area contributed by atoms with Crippen molar-refractivity contribution in [2.75, 3.05) is 0 Å². The van der Waals surface area contributed by atoms with Crippen LogP contribution in [0.5, 0.6) is 0 Å². The molecular formula is C29H57N2+. The number of unbranched alkanes of at least 4 members (excludes halogenated alkanes) is 17. The van der Waals surface area contributed by atoms with Crippen LogP contribution in [-0.2, 0) is 19.5 Å². The normalized spacial score (nSPS) is 11.5. The van der Waals surface area contributed by atoms with E-state index in [0.717, 1.165) is 0 Å². The largest absolute Gasteiger partial charge is 0.256 e. The Morgan fingerprint density at radius 1 is 0.548 bits per heavy atom. The van der Waals surface area contributed by atoms with Crippen LogP contribution in [0.4, 0.5) is 0 Å². The molecule has 0 spiro atoms. The van der Waals surface area contributed by atoms with Crippen molar-refractivity contribution in [2.45, 2.75) is 169 Å². The average molecular weight is 434 g/mol. The van der Waals surface area contributed by atoms with Crippen molar-refractivity contribution in [3.63, 3.8) is 0 Å². The first-order valence-corrected chi connectivity index (χ1v) is 14.4. The molecule has 0 atom stereocenters. The lowest BCUT2D eigenvalue weighted by atomic mass is 10.1. The topological polar surface area (TPSA) is 8.81 Å². The number of rotatable bonds is 23. The van der Waals surface area contributed by atoms with Crippen LogP contribution >= 0.6 is 0 Å². The van der Waals surface area contributed by atoms with Crippen LogP contribution in [-0.4, -0.2) is 4.57 Å². The maximum Gasteiger partial charge on any atom is 0.256 e. The van der Waals surface area contributed by atoms with Crippen molar-refractivity contribution in [3.8, 4) is 0 Å². The SMILES string of the molecule is CCCCCCCCCCCn1cc[n+](CCCCCCCCCCC)c1CCCC. The van der Waals surface area contributed by atoms with Crippen LogP contribution in [0.3, 0.4) is 0 Å². The van der Waals surface area contributed by atoms with Crippen molar-refractivity contribution >= 4 is 0 Å². The van der Waals surface area contributed by atoms with Gasteiger partial charge >= 0.3 is 0 Å². The van der Waals surface area contributed by atoms with E-state index in [0.29, 0.717) is 0 Å². The van der Waals surface area contributed by atoms with Crippen LogP contribution in [0.15, 0.2) is 12.4 Å². The standard InChI is InChI=1S/C29H57N2/c1-4-7-10-12-14-16-18-20-22-25-30-27-28-31(29(30)24-9-6-3)26-23-21-19-17-15-13-11-8-5-2/h27-28H,4-26H2,1-3H3/q+1. The Bertz CT molecular complexity index is 451. The van der Waals surface area contributed by atoms with E-state index >= 15 is 0 Å². The smallest absolute Gasteiger partial charge is 0.234 e. The molecule has 0 aliphatic rings. The van der Waals surface area contributed by atoms with Gasteiger partial charge in [-0.05, 0) is 32.1 Å². The van der Waals surface area contributed by atoms with E-state index < -0.39 is 0 Å². The zero-order chi connectivity index (χ0) is 22.4. The Morgan fingerprint density at radius 2 is 1.00 bits per heavy atom. The number of nitrogens with zero attached hydrogens (tertiary/aromatic N) is 2. The van der Waals surface area contributed by atoms with Gasteiger partial charge in [-0.15, -0.1) is 0 Å². The Balaban J connectivity index is 2.23. The maximum absolute atomic E-state index is 2.57. The number of hydrogen-bond acceptors (Lipinski definition) is 0. The Labute approximate surface area is 196 Å². The molecule has 0 aliphatic heterocycles. The Hall–Kier alpha value is -0.790. The van der Waals surface area contributed by atoms with Gasteiger partial charge in [-0.1, -0.05) is 117 Å². The average Bonchev–Trinajstić information content (AvgIpc) is 3.16. The van der Waals surface area contributed by atoms with Crippen molar-refractivity contribution in [2.24, 2.45) is 0 Å². The Kier molecular flexibility index (Phi) is 19.2. The highest BCUT2D eigenvalue weighted by molar-refractivity contribution is 4.84. The number of hydrogen-bond donors (Lipinski definition) is 0. The van der Waals surface area contributed by atoms with Gasteiger partial charge in [-0.2, -0.15) is 0 Å². The molecule has 0 amide bonds. The number of aryl methyl sites for hydroxylation is 2. The summed E-state index contributed by atoms with van der Waals surface area (Å²) in [6.45, 7) is 9.37. The molecule has 0 aliphatic carbocycles. The zero-order valence-electron chi connectivity index (χ0n) is 21.8. The van der Waals surface area contributed by atoms with E-state index in [1.807, 2.05) is 0 Å². The molecule has 1 heterocycles. The van der Waals surface area contributed by atoms with Gasteiger partial charge in [0.25, 0.3) is 5.82 Å². The van der Waals surface area contributed by atoms with Crippen molar-refractivity contribution in [1.29, 1.82) is 0 Å². The summed E-state index contributed by atoms with van der Waals surface area (Å²) in [6.07, 6.45) is 34.1. The van der Waals surface area contributed by atoms with Gasteiger partial charge in [0.1, 0.15) is 12.4 Å². The third-order valence-corrected chi connectivity index (χ3v) is 6.85. The molecule has 0 radical (unpaired) electrons. The molecule has 0 unspecified atom stereocenters.